The molecule has 6 nitrogen and oxygen atoms in total. The van der Waals surface area contributed by atoms with E-state index in [0.717, 1.165) is 45.8 Å². The van der Waals surface area contributed by atoms with Crippen LogP contribution in [0.4, 0.5) is 11.6 Å². The quantitative estimate of drug-likeness (QED) is 0.414. The SMILES string of the molecule is COc1ccccc1-c1ccnc(Nc2cccc(Cn3cnc4ccccc43)c2)n1. The first-order chi connectivity index (χ1) is 15.3. The lowest BCUT2D eigenvalue weighted by Crippen LogP contribution is -2.01. The number of nitrogens with one attached hydrogen (secondary N) is 1. The molecule has 0 atom stereocenters. The largest absolute Gasteiger partial charge is 0.496 e. The molecule has 5 aromatic rings. The first kappa shape index (κ1) is 18.8. The van der Waals surface area contributed by atoms with Crippen LogP contribution in [0.25, 0.3) is 22.3 Å². The normalized spacial score (nSPS) is 10.9. The van der Waals surface area contributed by atoms with Gasteiger partial charge in [-0.15, -0.1) is 0 Å². The van der Waals surface area contributed by atoms with Crippen molar-refractivity contribution in [2.24, 2.45) is 0 Å². The average Bonchev–Trinajstić information content (AvgIpc) is 3.22. The predicted octanol–water partition coefficient (Wildman–Crippen LogP) is 5.29. The summed E-state index contributed by atoms with van der Waals surface area (Å²) in [6.45, 7) is 0.734. The lowest BCUT2D eigenvalue weighted by molar-refractivity contribution is 0.416. The highest BCUT2D eigenvalue weighted by Crippen LogP contribution is 2.28. The number of hydrogen-bond donors (Lipinski definition) is 1. The minimum Gasteiger partial charge on any atom is -0.496 e. The van der Waals surface area contributed by atoms with Crippen molar-refractivity contribution in [1.29, 1.82) is 0 Å². The lowest BCUT2D eigenvalue weighted by Gasteiger charge is -2.11. The molecule has 0 saturated heterocycles. The van der Waals surface area contributed by atoms with Crippen molar-refractivity contribution < 1.29 is 4.74 Å². The van der Waals surface area contributed by atoms with Gasteiger partial charge in [-0.05, 0) is 48.0 Å². The first-order valence-electron chi connectivity index (χ1n) is 10.0. The van der Waals surface area contributed by atoms with Crippen LogP contribution >= 0.6 is 0 Å². The zero-order valence-electron chi connectivity index (χ0n) is 17.1. The summed E-state index contributed by atoms with van der Waals surface area (Å²) in [5.74, 6) is 1.32. The maximum Gasteiger partial charge on any atom is 0.227 e. The molecule has 3 aromatic carbocycles. The summed E-state index contributed by atoms with van der Waals surface area (Å²) in [5.41, 5.74) is 5.94. The van der Waals surface area contributed by atoms with Crippen molar-refractivity contribution in [2.75, 3.05) is 12.4 Å². The number of hydrogen-bond acceptors (Lipinski definition) is 5. The molecule has 0 aliphatic heterocycles. The van der Waals surface area contributed by atoms with Crippen LogP contribution in [-0.2, 0) is 6.54 Å². The van der Waals surface area contributed by atoms with Gasteiger partial charge in [0, 0.05) is 24.0 Å². The number of para-hydroxylation sites is 3. The Morgan fingerprint density at radius 3 is 2.71 bits per heavy atom. The third-order valence-corrected chi connectivity index (χ3v) is 5.10. The maximum absolute atomic E-state index is 5.47. The highest BCUT2D eigenvalue weighted by Gasteiger charge is 2.08. The Labute approximate surface area is 180 Å². The molecule has 0 spiro atoms. The van der Waals surface area contributed by atoms with Gasteiger partial charge in [-0.2, -0.15) is 0 Å². The number of nitrogens with zero attached hydrogens (tertiary/aromatic N) is 4. The van der Waals surface area contributed by atoms with Crippen LogP contribution in [-0.4, -0.2) is 26.6 Å². The van der Waals surface area contributed by atoms with Crippen LogP contribution in [0.1, 0.15) is 5.56 Å². The molecule has 0 radical (unpaired) electrons. The standard InChI is InChI=1S/C25H21N5O/c1-31-24-12-5-2-9-20(24)21-13-14-26-25(29-21)28-19-8-6-7-18(15-19)16-30-17-27-22-10-3-4-11-23(22)30/h2-15,17H,16H2,1H3,(H,26,28,29). The van der Waals surface area contributed by atoms with Crippen LogP contribution in [0.2, 0.25) is 0 Å². The van der Waals surface area contributed by atoms with Gasteiger partial charge in [-0.3, -0.25) is 0 Å². The molecule has 0 aliphatic rings. The van der Waals surface area contributed by atoms with Crippen molar-refractivity contribution in [1.82, 2.24) is 19.5 Å². The number of rotatable bonds is 6. The van der Waals surface area contributed by atoms with E-state index in [0.29, 0.717) is 5.95 Å². The third kappa shape index (κ3) is 3.96. The number of imidazole rings is 1. The Balaban J connectivity index is 1.39. The van der Waals surface area contributed by atoms with Gasteiger partial charge in [0.1, 0.15) is 5.75 Å². The molecule has 2 aromatic heterocycles. The predicted molar refractivity (Wildman–Crippen MR) is 123 cm³/mol. The van der Waals surface area contributed by atoms with Gasteiger partial charge in [-0.1, -0.05) is 36.4 Å². The zero-order chi connectivity index (χ0) is 21.0. The maximum atomic E-state index is 5.47. The Bertz CT molecular complexity index is 1340. The molecule has 6 heteroatoms. The molecule has 0 saturated carbocycles. The summed E-state index contributed by atoms with van der Waals surface area (Å²) in [6, 6.07) is 26.1. The molecule has 31 heavy (non-hydrogen) atoms. The fourth-order valence-electron chi connectivity index (χ4n) is 3.63. The highest BCUT2D eigenvalue weighted by atomic mass is 16.5. The molecule has 5 rings (SSSR count). The van der Waals surface area contributed by atoms with E-state index in [2.05, 4.69) is 43.0 Å². The number of benzene rings is 3. The van der Waals surface area contributed by atoms with Gasteiger partial charge >= 0.3 is 0 Å². The highest BCUT2D eigenvalue weighted by molar-refractivity contribution is 5.75. The molecule has 0 bridgehead atoms. The van der Waals surface area contributed by atoms with E-state index in [-0.39, 0.29) is 0 Å². The lowest BCUT2D eigenvalue weighted by atomic mass is 10.1. The number of methoxy groups -OCH3 is 1. The summed E-state index contributed by atoms with van der Waals surface area (Å²) in [4.78, 5) is 13.5. The first-order valence-corrected chi connectivity index (χ1v) is 10.0. The Morgan fingerprint density at radius 1 is 0.903 bits per heavy atom. The Morgan fingerprint density at radius 2 is 1.77 bits per heavy atom. The minimum absolute atomic E-state index is 0.536. The van der Waals surface area contributed by atoms with E-state index in [1.807, 2.05) is 67.0 Å². The molecule has 2 heterocycles. The van der Waals surface area contributed by atoms with Crippen LogP contribution in [0.15, 0.2) is 91.4 Å². The molecular weight excluding hydrogens is 386 g/mol. The smallest absolute Gasteiger partial charge is 0.227 e. The van der Waals surface area contributed by atoms with E-state index < -0.39 is 0 Å². The van der Waals surface area contributed by atoms with Gasteiger partial charge in [0.25, 0.3) is 0 Å². The number of ether oxygens (including phenoxy) is 1. The Kier molecular flexibility index (Phi) is 5.02. The van der Waals surface area contributed by atoms with Crippen molar-refractivity contribution in [3.63, 3.8) is 0 Å². The number of fused-ring (bicyclic) bond motifs is 1. The van der Waals surface area contributed by atoms with Crippen molar-refractivity contribution in [3.8, 4) is 17.0 Å². The van der Waals surface area contributed by atoms with Crippen LogP contribution in [0, 0.1) is 0 Å². The number of anilines is 2. The van der Waals surface area contributed by atoms with E-state index in [1.54, 1.807) is 13.3 Å². The van der Waals surface area contributed by atoms with Crippen molar-refractivity contribution in [2.45, 2.75) is 6.54 Å². The van der Waals surface area contributed by atoms with Crippen molar-refractivity contribution >= 4 is 22.7 Å². The molecule has 0 amide bonds. The molecule has 0 aliphatic carbocycles. The van der Waals surface area contributed by atoms with Gasteiger partial charge in [0.05, 0.1) is 30.2 Å². The fraction of sp³-hybridized carbons (Fsp3) is 0.0800. The summed E-state index contributed by atoms with van der Waals surface area (Å²) in [5, 5.41) is 3.32. The van der Waals surface area contributed by atoms with Crippen molar-refractivity contribution in [3.05, 3.63) is 97.0 Å². The molecule has 0 fully saturated rings. The number of aromatic nitrogens is 4. The zero-order valence-corrected chi connectivity index (χ0v) is 17.1. The van der Waals surface area contributed by atoms with Crippen LogP contribution in [0.3, 0.4) is 0 Å². The topological polar surface area (TPSA) is 64.9 Å². The second kappa shape index (κ2) is 8.28. The fourth-order valence-corrected chi connectivity index (χ4v) is 3.63. The average molecular weight is 407 g/mol. The van der Waals surface area contributed by atoms with Crippen LogP contribution in [0.5, 0.6) is 5.75 Å². The monoisotopic (exact) mass is 407 g/mol. The summed E-state index contributed by atoms with van der Waals surface area (Å²) < 4.78 is 7.61. The van der Waals surface area contributed by atoms with E-state index in [9.17, 15) is 0 Å². The molecule has 152 valence electrons. The van der Waals surface area contributed by atoms with E-state index in [4.69, 9.17) is 4.74 Å². The van der Waals surface area contributed by atoms with Gasteiger partial charge < -0.3 is 14.6 Å². The van der Waals surface area contributed by atoms with Gasteiger partial charge in [-0.25, -0.2) is 15.0 Å². The third-order valence-electron chi connectivity index (χ3n) is 5.10. The summed E-state index contributed by atoms with van der Waals surface area (Å²) in [7, 11) is 1.66. The molecular formula is C25H21N5O. The van der Waals surface area contributed by atoms with Gasteiger partial charge in [0.15, 0.2) is 0 Å². The second-order valence-electron chi connectivity index (χ2n) is 7.15. The molecule has 0 unspecified atom stereocenters. The summed E-state index contributed by atoms with van der Waals surface area (Å²) in [6.07, 6.45) is 3.63. The Hall–Kier alpha value is -4.19. The van der Waals surface area contributed by atoms with Crippen LogP contribution < -0.4 is 10.1 Å². The summed E-state index contributed by atoms with van der Waals surface area (Å²) >= 11 is 0. The minimum atomic E-state index is 0.536. The van der Waals surface area contributed by atoms with E-state index in [1.165, 1.54) is 0 Å². The van der Waals surface area contributed by atoms with Gasteiger partial charge in [0.2, 0.25) is 5.95 Å². The van der Waals surface area contributed by atoms with E-state index >= 15 is 0 Å². The second-order valence-corrected chi connectivity index (χ2v) is 7.15. The molecule has 1 N–H and O–H groups in total.